The lowest BCUT2D eigenvalue weighted by Gasteiger charge is -2.33. The number of benzene rings is 1. The van der Waals surface area contributed by atoms with Gasteiger partial charge in [-0.3, -0.25) is 4.98 Å². The average Bonchev–Trinajstić information content (AvgIpc) is 2.60. The van der Waals surface area contributed by atoms with Crippen molar-refractivity contribution >= 4 is 22.6 Å². The van der Waals surface area contributed by atoms with Gasteiger partial charge in [-0.1, -0.05) is 0 Å². The molecule has 0 aliphatic carbocycles. The van der Waals surface area contributed by atoms with Crippen LogP contribution in [0.25, 0.3) is 10.9 Å². The summed E-state index contributed by atoms with van der Waals surface area (Å²) in [6.07, 6.45) is 4.09. The van der Waals surface area contributed by atoms with Crippen molar-refractivity contribution in [2.45, 2.75) is 18.9 Å². The van der Waals surface area contributed by atoms with Crippen LogP contribution in [0.15, 0.2) is 30.5 Å². The van der Waals surface area contributed by atoms with Gasteiger partial charge in [0, 0.05) is 37.5 Å². The zero-order valence-corrected chi connectivity index (χ0v) is 12.9. The predicted octanol–water partition coefficient (Wildman–Crippen LogP) is 2.64. The third-order valence-electron chi connectivity index (χ3n) is 4.21. The van der Waals surface area contributed by atoms with E-state index in [2.05, 4.69) is 16.0 Å². The van der Waals surface area contributed by atoms with E-state index < -0.39 is 0 Å². The van der Waals surface area contributed by atoms with E-state index in [1.165, 1.54) is 7.11 Å². The summed E-state index contributed by atoms with van der Waals surface area (Å²) in [5.74, 6) is -0.335. The lowest BCUT2D eigenvalue weighted by atomic mass is 10.0. The highest BCUT2D eigenvalue weighted by Crippen LogP contribution is 2.26. The summed E-state index contributed by atoms with van der Waals surface area (Å²) in [6, 6.07) is 7.72. The molecule has 0 spiro atoms. The Morgan fingerprint density at radius 2 is 2.18 bits per heavy atom. The van der Waals surface area contributed by atoms with Gasteiger partial charge in [0.1, 0.15) is 0 Å². The molecule has 1 unspecified atom stereocenters. The Morgan fingerprint density at radius 3 is 2.95 bits per heavy atom. The summed E-state index contributed by atoms with van der Waals surface area (Å²) in [6.45, 7) is 1.87. The van der Waals surface area contributed by atoms with Crippen molar-refractivity contribution in [3.05, 3.63) is 36.0 Å². The summed E-state index contributed by atoms with van der Waals surface area (Å²) in [4.78, 5) is 18.6. The first-order chi connectivity index (χ1) is 10.7. The molecule has 1 aliphatic rings. The highest BCUT2D eigenvalue weighted by atomic mass is 16.5. The summed E-state index contributed by atoms with van der Waals surface area (Å²) in [5.41, 5.74) is 2.44. The quantitative estimate of drug-likeness (QED) is 0.816. The molecule has 1 aromatic heterocycles. The van der Waals surface area contributed by atoms with E-state index in [0.29, 0.717) is 5.56 Å². The van der Waals surface area contributed by atoms with E-state index in [0.717, 1.165) is 42.5 Å². The standard InChI is InChI=1S/C17H20N2O3/c1-21-13-4-3-9-19(11-13)12-5-6-16-15(10-12)14(7-8-18-16)17(20)22-2/h5-8,10,13H,3-4,9,11H2,1-2H3. The number of carbonyl (C=O) groups excluding carboxylic acids is 1. The van der Waals surface area contributed by atoms with Gasteiger partial charge in [0.2, 0.25) is 0 Å². The van der Waals surface area contributed by atoms with Crippen LogP contribution in [0.2, 0.25) is 0 Å². The number of esters is 1. The minimum absolute atomic E-state index is 0.262. The van der Waals surface area contributed by atoms with E-state index >= 15 is 0 Å². The van der Waals surface area contributed by atoms with Gasteiger partial charge in [0.25, 0.3) is 0 Å². The number of hydrogen-bond acceptors (Lipinski definition) is 5. The number of carbonyl (C=O) groups is 1. The number of nitrogens with zero attached hydrogens (tertiary/aromatic N) is 2. The molecule has 1 saturated heterocycles. The Balaban J connectivity index is 1.99. The van der Waals surface area contributed by atoms with Crippen LogP contribution < -0.4 is 4.90 Å². The Hall–Kier alpha value is -2.14. The van der Waals surface area contributed by atoms with Gasteiger partial charge in [-0.05, 0) is 37.1 Å². The Labute approximate surface area is 129 Å². The van der Waals surface area contributed by atoms with E-state index in [-0.39, 0.29) is 12.1 Å². The Bertz CT molecular complexity index is 687. The van der Waals surface area contributed by atoms with Crippen LogP contribution in [-0.4, -0.2) is 44.4 Å². The zero-order chi connectivity index (χ0) is 15.5. The summed E-state index contributed by atoms with van der Waals surface area (Å²) in [7, 11) is 3.15. The van der Waals surface area contributed by atoms with Gasteiger partial charge in [-0.25, -0.2) is 4.79 Å². The van der Waals surface area contributed by atoms with Gasteiger partial charge in [-0.15, -0.1) is 0 Å². The van der Waals surface area contributed by atoms with Gasteiger partial charge < -0.3 is 14.4 Å². The topological polar surface area (TPSA) is 51.7 Å². The van der Waals surface area contributed by atoms with E-state index in [9.17, 15) is 4.79 Å². The normalized spacial score (nSPS) is 18.5. The molecule has 3 rings (SSSR count). The van der Waals surface area contributed by atoms with Crippen molar-refractivity contribution in [3.8, 4) is 0 Å². The van der Waals surface area contributed by atoms with Crippen LogP contribution in [0.5, 0.6) is 0 Å². The molecular weight excluding hydrogens is 280 g/mol. The smallest absolute Gasteiger partial charge is 0.338 e. The van der Waals surface area contributed by atoms with Crippen LogP contribution in [0.3, 0.4) is 0 Å². The number of rotatable bonds is 3. The minimum atomic E-state index is -0.335. The highest BCUT2D eigenvalue weighted by Gasteiger charge is 2.20. The zero-order valence-electron chi connectivity index (χ0n) is 12.9. The maximum atomic E-state index is 11.9. The van der Waals surface area contributed by atoms with Crippen LogP contribution in [0.4, 0.5) is 5.69 Å². The molecule has 1 fully saturated rings. The molecule has 5 heteroatoms. The molecule has 22 heavy (non-hydrogen) atoms. The second kappa shape index (κ2) is 6.32. The van der Waals surface area contributed by atoms with E-state index in [4.69, 9.17) is 9.47 Å². The molecule has 0 bridgehead atoms. The maximum Gasteiger partial charge on any atom is 0.338 e. The fraction of sp³-hybridized carbons (Fsp3) is 0.412. The molecule has 116 valence electrons. The summed E-state index contributed by atoms with van der Waals surface area (Å²) < 4.78 is 10.3. The van der Waals surface area contributed by atoms with Crippen molar-refractivity contribution in [1.82, 2.24) is 4.98 Å². The third kappa shape index (κ3) is 2.76. The molecule has 1 aliphatic heterocycles. The van der Waals surface area contributed by atoms with Crippen LogP contribution >= 0.6 is 0 Å². The van der Waals surface area contributed by atoms with Crippen molar-refractivity contribution in [1.29, 1.82) is 0 Å². The fourth-order valence-corrected chi connectivity index (χ4v) is 2.98. The second-order valence-corrected chi connectivity index (χ2v) is 5.50. The molecule has 2 heterocycles. The lowest BCUT2D eigenvalue weighted by molar-refractivity contribution is 0.0603. The Morgan fingerprint density at radius 1 is 1.32 bits per heavy atom. The monoisotopic (exact) mass is 300 g/mol. The van der Waals surface area contributed by atoms with Gasteiger partial charge >= 0.3 is 5.97 Å². The van der Waals surface area contributed by atoms with Gasteiger partial charge in [0.15, 0.2) is 0 Å². The first-order valence-corrected chi connectivity index (χ1v) is 7.47. The SMILES string of the molecule is COC(=O)c1ccnc2ccc(N3CCCC(OC)C3)cc12. The first kappa shape index (κ1) is 14.8. The molecular formula is C17H20N2O3. The number of hydrogen-bond donors (Lipinski definition) is 0. The predicted molar refractivity (Wildman–Crippen MR) is 85.3 cm³/mol. The number of ether oxygens (including phenoxy) is 2. The average molecular weight is 300 g/mol. The molecule has 1 aromatic carbocycles. The van der Waals surface area contributed by atoms with Crippen LogP contribution in [-0.2, 0) is 9.47 Å². The fourth-order valence-electron chi connectivity index (χ4n) is 2.98. The number of pyridine rings is 1. The van der Waals surface area contributed by atoms with Crippen LogP contribution in [0, 0.1) is 0 Å². The minimum Gasteiger partial charge on any atom is -0.465 e. The molecule has 5 nitrogen and oxygen atoms in total. The van der Waals surface area contributed by atoms with Gasteiger partial charge in [-0.2, -0.15) is 0 Å². The van der Waals surface area contributed by atoms with Crippen molar-refractivity contribution in [3.63, 3.8) is 0 Å². The van der Waals surface area contributed by atoms with Gasteiger partial charge in [0.05, 0.1) is 24.3 Å². The third-order valence-corrected chi connectivity index (χ3v) is 4.21. The number of methoxy groups -OCH3 is 2. The summed E-state index contributed by atoms with van der Waals surface area (Å²) in [5, 5.41) is 0.825. The molecule has 1 atom stereocenters. The van der Waals surface area contributed by atoms with Crippen LogP contribution in [0.1, 0.15) is 23.2 Å². The molecule has 0 N–H and O–H groups in total. The van der Waals surface area contributed by atoms with Crippen molar-refractivity contribution < 1.29 is 14.3 Å². The lowest BCUT2D eigenvalue weighted by Crippen LogP contribution is -2.39. The Kier molecular flexibility index (Phi) is 4.24. The first-order valence-electron chi connectivity index (χ1n) is 7.47. The number of aromatic nitrogens is 1. The number of fused-ring (bicyclic) bond motifs is 1. The molecule has 0 amide bonds. The molecule has 2 aromatic rings. The van der Waals surface area contributed by atoms with E-state index in [1.807, 2.05) is 12.1 Å². The maximum absolute atomic E-state index is 11.9. The van der Waals surface area contributed by atoms with Crippen molar-refractivity contribution in [2.24, 2.45) is 0 Å². The molecule has 0 radical (unpaired) electrons. The largest absolute Gasteiger partial charge is 0.465 e. The van der Waals surface area contributed by atoms with Crippen molar-refractivity contribution in [2.75, 3.05) is 32.2 Å². The number of piperidine rings is 1. The number of anilines is 1. The summed E-state index contributed by atoms with van der Waals surface area (Å²) >= 11 is 0. The highest BCUT2D eigenvalue weighted by molar-refractivity contribution is 6.04. The second-order valence-electron chi connectivity index (χ2n) is 5.50. The molecule has 0 saturated carbocycles. The van der Waals surface area contributed by atoms with E-state index in [1.54, 1.807) is 19.4 Å².